The molecule has 0 saturated carbocycles. The number of hydrogen-bond acceptors (Lipinski definition) is 3. The highest BCUT2D eigenvalue weighted by Crippen LogP contribution is 2.22. The third kappa shape index (κ3) is 3.83. The van der Waals surface area contributed by atoms with Crippen molar-refractivity contribution in [3.05, 3.63) is 35.9 Å². The fourth-order valence-corrected chi connectivity index (χ4v) is 3.34. The predicted octanol–water partition coefficient (Wildman–Crippen LogP) is 1.60. The van der Waals surface area contributed by atoms with Gasteiger partial charge in [-0.1, -0.05) is 30.3 Å². The highest BCUT2D eigenvalue weighted by molar-refractivity contribution is 5.77. The first-order valence-corrected chi connectivity index (χ1v) is 7.97. The van der Waals surface area contributed by atoms with Gasteiger partial charge in [-0.2, -0.15) is 0 Å². The number of morpholine rings is 1. The van der Waals surface area contributed by atoms with Gasteiger partial charge < -0.3 is 15.0 Å². The Hall–Kier alpha value is -1.39. The first-order valence-electron chi connectivity index (χ1n) is 7.97. The van der Waals surface area contributed by atoms with E-state index in [-0.39, 0.29) is 11.9 Å². The molecule has 2 fully saturated rings. The Labute approximate surface area is 126 Å². The molecule has 2 aliphatic heterocycles. The number of likely N-dealkylation sites (tertiary alicyclic amines) is 1. The number of ether oxygens (including phenoxy) is 1. The van der Waals surface area contributed by atoms with Gasteiger partial charge in [-0.15, -0.1) is 0 Å². The number of amides is 1. The summed E-state index contributed by atoms with van der Waals surface area (Å²) in [5, 5.41) is 3.37. The molecule has 2 atom stereocenters. The Kier molecular flexibility index (Phi) is 4.88. The van der Waals surface area contributed by atoms with Crippen molar-refractivity contribution in [2.45, 2.75) is 37.8 Å². The summed E-state index contributed by atoms with van der Waals surface area (Å²) in [6.07, 6.45) is 3.78. The highest BCUT2D eigenvalue weighted by Gasteiger charge is 2.30. The second-order valence-corrected chi connectivity index (χ2v) is 6.00. The molecule has 3 rings (SSSR count). The van der Waals surface area contributed by atoms with Gasteiger partial charge in [-0.25, -0.2) is 0 Å². The monoisotopic (exact) mass is 288 g/mol. The molecule has 2 saturated heterocycles. The van der Waals surface area contributed by atoms with Gasteiger partial charge in [0.15, 0.2) is 0 Å². The SMILES string of the molecule is O=C(CC1COCCN1)N1CCCC1Cc1ccccc1. The molecule has 0 spiro atoms. The summed E-state index contributed by atoms with van der Waals surface area (Å²) in [5.41, 5.74) is 1.32. The number of rotatable bonds is 4. The molecule has 0 radical (unpaired) electrons. The molecule has 2 unspecified atom stereocenters. The second-order valence-electron chi connectivity index (χ2n) is 6.00. The number of carbonyl (C=O) groups is 1. The average Bonchev–Trinajstić information content (AvgIpc) is 2.97. The van der Waals surface area contributed by atoms with E-state index in [1.807, 2.05) is 6.07 Å². The standard InChI is InChI=1S/C17H24N2O2/c20-17(12-15-13-21-10-8-18-15)19-9-4-7-16(19)11-14-5-2-1-3-6-14/h1-3,5-6,15-16,18H,4,7-13H2. The maximum Gasteiger partial charge on any atom is 0.224 e. The number of hydrogen-bond donors (Lipinski definition) is 1. The lowest BCUT2D eigenvalue weighted by atomic mass is 10.0. The maximum atomic E-state index is 12.5. The Morgan fingerprint density at radius 1 is 1.33 bits per heavy atom. The van der Waals surface area contributed by atoms with Gasteiger partial charge in [0.1, 0.15) is 0 Å². The lowest BCUT2D eigenvalue weighted by Crippen LogP contribution is -2.46. The normalized spacial score (nSPS) is 26.0. The minimum atomic E-state index is 0.184. The fraction of sp³-hybridized carbons (Fsp3) is 0.588. The zero-order chi connectivity index (χ0) is 14.5. The van der Waals surface area contributed by atoms with Gasteiger partial charge in [0, 0.05) is 31.6 Å². The van der Waals surface area contributed by atoms with Crippen molar-refractivity contribution < 1.29 is 9.53 Å². The van der Waals surface area contributed by atoms with Crippen LogP contribution in [0.4, 0.5) is 0 Å². The van der Waals surface area contributed by atoms with E-state index >= 15 is 0 Å². The molecule has 0 aliphatic carbocycles. The predicted molar refractivity (Wildman–Crippen MR) is 82.1 cm³/mol. The minimum Gasteiger partial charge on any atom is -0.378 e. The van der Waals surface area contributed by atoms with E-state index in [0.29, 0.717) is 19.1 Å². The van der Waals surface area contributed by atoms with E-state index in [1.165, 1.54) is 5.56 Å². The van der Waals surface area contributed by atoms with E-state index in [9.17, 15) is 4.79 Å². The topological polar surface area (TPSA) is 41.6 Å². The number of carbonyl (C=O) groups excluding carboxylic acids is 1. The zero-order valence-corrected chi connectivity index (χ0v) is 12.5. The summed E-state index contributed by atoms with van der Waals surface area (Å²) in [7, 11) is 0. The Morgan fingerprint density at radius 3 is 2.95 bits per heavy atom. The van der Waals surface area contributed by atoms with Gasteiger partial charge in [0.2, 0.25) is 5.91 Å². The van der Waals surface area contributed by atoms with Crippen LogP contribution in [0, 0.1) is 0 Å². The van der Waals surface area contributed by atoms with Crippen molar-refractivity contribution in [2.24, 2.45) is 0 Å². The molecule has 0 aromatic heterocycles. The largest absolute Gasteiger partial charge is 0.378 e. The summed E-state index contributed by atoms with van der Waals surface area (Å²) in [5.74, 6) is 0.274. The van der Waals surface area contributed by atoms with Crippen LogP contribution in [0.3, 0.4) is 0 Å². The maximum absolute atomic E-state index is 12.5. The first kappa shape index (κ1) is 14.5. The zero-order valence-electron chi connectivity index (χ0n) is 12.5. The second kappa shape index (κ2) is 7.05. The van der Waals surface area contributed by atoms with Crippen LogP contribution >= 0.6 is 0 Å². The van der Waals surface area contributed by atoms with Gasteiger partial charge in [-0.3, -0.25) is 4.79 Å². The number of nitrogens with zero attached hydrogens (tertiary/aromatic N) is 1. The van der Waals surface area contributed by atoms with Crippen LogP contribution in [0.1, 0.15) is 24.8 Å². The van der Waals surface area contributed by atoms with Gasteiger partial charge >= 0.3 is 0 Å². The lowest BCUT2D eigenvalue weighted by Gasteiger charge is -2.29. The van der Waals surface area contributed by atoms with E-state index in [2.05, 4.69) is 34.5 Å². The quantitative estimate of drug-likeness (QED) is 0.915. The van der Waals surface area contributed by atoms with Crippen LogP contribution in [-0.2, 0) is 16.0 Å². The van der Waals surface area contributed by atoms with Crippen LogP contribution in [0.25, 0.3) is 0 Å². The van der Waals surface area contributed by atoms with Crippen molar-refractivity contribution in [2.75, 3.05) is 26.3 Å². The van der Waals surface area contributed by atoms with E-state index in [4.69, 9.17) is 4.74 Å². The molecule has 4 nitrogen and oxygen atoms in total. The molecule has 2 heterocycles. The number of nitrogens with one attached hydrogen (secondary N) is 1. The Morgan fingerprint density at radius 2 is 2.19 bits per heavy atom. The molecule has 1 amide bonds. The van der Waals surface area contributed by atoms with Crippen molar-refractivity contribution in [1.82, 2.24) is 10.2 Å². The summed E-state index contributed by atoms with van der Waals surface area (Å²) in [6, 6.07) is 11.0. The fourth-order valence-electron chi connectivity index (χ4n) is 3.34. The van der Waals surface area contributed by atoms with Crippen molar-refractivity contribution in [1.29, 1.82) is 0 Å². The van der Waals surface area contributed by atoms with E-state index in [0.717, 1.165) is 39.0 Å². The highest BCUT2D eigenvalue weighted by atomic mass is 16.5. The van der Waals surface area contributed by atoms with Crippen molar-refractivity contribution in [3.8, 4) is 0 Å². The lowest BCUT2D eigenvalue weighted by molar-refractivity contribution is -0.133. The minimum absolute atomic E-state index is 0.184. The molecule has 1 N–H and O–H groups in total. The molecule has 114 valence electrons. The van der Waals surface area contributed by atoms with Crippen LogP contribution in [0.5, 0.6) is 0 Å². The summed E-state index contributed by atoms with van der Waals surface area (Å²) < 4.78 is 5.43. The molecule has 1 aromatic rings. The number of benzene rings is 1. The first-order chi connectivity index (χ1) is 10.3. The van der Waals surface area contributed by atoms with Crippen molar-refractivity contribution >= 4 is 5.91 Å². The third-order valence-corrected chi connectivity index (χ3v) is 4.43. The van der Waals surface area contributed by atoms with Crippen LogP contribution in [-0.4, -0.2) is 49.2 Å². The molecule has 4 heteroatoms. The smallest absolute Gasteiger partial charge is 0.224 e. The molecular formula is C17H24N2O2. The molecule has 2 aliphatic rings. The van der Waals surface area contributed by atoms with Gasteiger partial charge in [0.05, 0.1) is 13.2 Å². The molecule has 1 aromatic carbocycles. The molecular weight excluding hydrogens is 264 g/mol. The van der Waals surface area contributed by atoms with E-state index < -0.39 is 0 Å². The van der Waals surface area contributed by atoms with Gasteiger partial charge in [-0.05, 0) is 24.8 Å². The summed E-state index contributed by atoms with van der Waals surface area (Å²) >= 11 is 0. The van der Waals surface area contributed by atoms with E-state index in [1.54, 1.807) is 0 Å². The third-order valence-electron chi connectivity index (χ3n) is 4.43. The molecule has 21 heavy (non-hydrogen) atoms. The van der Waals surface area contributed by atoms with Gasteiger partial charge in [0.25, 0.3) is 0 Å². The molecule has 0 bridgehead atoms. The Balaban J connectivity index is 1.56. The van der Waals surface area contributed by atoms with Crippen LogP contribution in [0.2, 0.25) is 0 Å². The van der Waals surface area contributed by atoms with Crippen molar-refractivity contribution in [3.63, 3.8) is 0 Å². The summed E-state index contributed by atoms with van der Waals surface area (Å²) in [6.45, 7) is 3.17. The average molecular weight is 288 g/mol. The van der Waals surface area contributed by atoms with Crippen LogP contribution in [0.15, 0.2) is 30.3 Å². The summed E-state index contributed by atoms with van der Waals surface area (Å²) in [4.78, 5) is 14.6. The van der Waals surface area contributed by atoms with Crippen LogP contribution < -0.4 is 5.32 Å². The Bertz CT molecular complexity index is 457.